The topological polar surface area (TPSA) is 89.5 Å². The first-order chi connectivity index (χ1) is 17.6. The Balaban J connectivity index is 1.23. The van der Waals surface area contributed by atoms with Crippen molar-refractivity contribution in [2.45, 2.75) is 50.3 Å². The van der Waals surface area contributed by atoms with E-state index < -0.39 is 12.1 Å². The number of nitrogens with zero attached hydrogens (tertiary/aromatic N) is 1. The number of piperidine rings is 2. The van der Waals surface area contributed by atoms with Crippen LogP contribution in [0.3, 0.4) is 0 Å². The normalized spacial score (nSPS) is 22.5. The molecule has 2 aromatic carbocycles. The van der Waals surface area contributed by atoms with E-state index in [0.717, 1.165) is 18.2 Å². The summed E-state index contributed by atoms with van der Waals surface area (Å²) in [5.41, 5.74) is 0.709. The van der Waals surface area contributed by atoms with Gasteiger partial charge in [-0.3, -0.25) is 9.69 Å². The van der Waals surface area contributed by atoms with Gasteiger partial charge in [-0.25, -0.2) is 0 Å². The third-order valence-corrected chi connectivity index (χ3v) is 7.55. The first kappa shape index (κ1) is 24.7. The second-order valence-corrected chi connectivity index (χ2v) is 9.92. The molecule has 1 aliphatic carbocycles. The molecule has 2 bridgehead atoms. The van der Waals surface area contributed by atoms with E-state index in [1.54, 1.807) is 7.11 Å². The van der Waals surface area contributed by atoms with Crippen LogP contribution in [0.25, 0.3) is 0 Å². The first-order valence-electron chi connectivity index (χ1n) is 13.0. The van der Waals surface area contributed by atoms with Crippen molar-refractivity contribution in [2.75, 3.05) is 40.0 Å². The minimum atomic E-state index is -0.868. The van der Waals surface area contributed by atoms with E-state index in [0.29, 0.717) is 48.6 Å². The van der Waals surface area contributed by atoms with E-state index in [9.17, 15) is 9.90 Å². The summed E-state index contributed by atoms with van der Waals surface area (Å²) < 4.78 is 22.2. The SMILES string of the molecule is COc1ccc(OCCC(=O)N[C@H](CN2CC3CCC2CC3)[C@H](O)c2ccc3c(c2)OCCO3)cc1. The zero-order valence-corrected chi connectivity index (χ0v) is 20.9. The van der Waals surface area contributed by atoms with Gasteiger partial charge in [-0.15, -0.1) is 0 Å². The van der Waals surface area contributed by atoms with E-state index in [1.165, 1.54) is 25.7 Å². The van der Waals surface area contributed by atoms with Crippen molar-refractivity contribution in [1.82, 2.24) is 10.2 Å². The second-order valence-electron chi connectivity index (χ2n) is 9.92. The molecule has 6 rings (SSSR count). The molecule has 2 N–H and O–H groups in total. The van der Waals surface area contributed by atoms with Crippen LogP contribution in [0.2, 0.25) is 0 Å². The molecule has 3 heterocycles. The number of carbonyl (C=O) groups excluding carboxylic acids is 1. The van der Waals surface area contributed by atoms with Crippen molar-refractivity contribution in [3.63, 3.8) is 0 Å². The number of carbonyl (C=O) groups is 1. The lowest BCUT2D eigenvalue weighted by molar-refractivity contribution is -0.123. The number of hydrogen-bond acceptors (Lipinski definition) is 7. The van der Waals surface area contributed by atoms with Gasteiger partial charge in [-0.05, 0) is 73.6 Å². The van der Waals surface area contributed by atoms with Crippen LogP contribution in [0.5, 0.6) is 23.0 Å². The summed E-state index contributed by atoms with van der Waals surface area (Å²) in [6.45, 7) is 2.90. The van der Waals surface area contributed by atoms with Crippen molar-refractivity contribution in [1.29, 1.82) is 0 Å². The van der Waals surface area contributed by atoms with E-state index in [4.69, 9.17) is 18.9 Å². The minimum Gasteiger partial charge on any atom is -0.497 e. The molecule has 8 nitrogen and oxygen atoms in total. The number of fused-ring (bicyclic) bond motifs is 4. The van der Waals surface area contributed by atoms with Gasteiger partial charge in [0.25, 0.3) is 0 Å². The van der Waals surface area contributed by atoms with Gasteiger partial charge in [0, 0.05) is 19.1 Å². The van der Waals surface area contributed by atoms with Crippen LogP contribution in [-0.2, 0) is 4.79 Å². The summed E-state index contributed by atoms with van der Waals surface area (Å²) in [4.78, 5) is 15.4. The number of methoxy groups -OCH3 is 1. The highest BCUT2D eigenvalue weighted by Gasteiger charge is 2.36. The molecule has 4 aliphatic rings. The smallest absolute Gasteiger partial charge is 0.223 e. The van der Waals surface area contributed by atoms with Gasteiger partial charge in [0.05, 0.1) is 26.2 Å². The lowest BCUT2D eigenvalue weighted by Gasteiger charge is -2.47. The number of benzene rings is 2. The lowest BCUT2D eigenvalue weighted by Crippen LogP contribution is -2.55. The number of aliphatic hydroxyl groups is 1. The van der Waals surface area contributed by atoms with Gasteiger partial charge in [-0.1, -0.05) is 6.07 Å². The predicted molar refractivity (Wildman–Crippen MR) is 135 cm³/mol. The molecule has 2 atom stereocenters. The minimum absolute atomic E-state index is 0.146. The maximum absolute atomic E-state index is 12.9. The molecule has 1 amide bonds. The van der Waals surface area contributed by atoms with Gasteiger partial charge < -0.3 is 29.4 Å². The molecular weight excluding hydrogens is 460 g/mol. The van der Waals surface area contributed by atoms with Gasteiger partial charge >= 0.3 is 0 Å². The summed E-state index contributed by atoms with van der Waals surface area (Å²) in [5, 5.41) is 14.5. The Kier molecular flexibility index (Phi) is 7.82. The van der Waals surface area contributed by atoms with Crippen LogP contribution >= 0.6 is 0 Å². The molecule has 36 heavy (non-hydrogen) atoms. The van der Waals surface area contributed by atoms with Gasteiger partial charge in [-0.2, -0.15) is 0 Å². The van der Waals surface area contributed by atoms with Crippen LogP contribution in [0.1, 0.15) is 43.8 Å². The number of amides is 1. The van der Waals surface area contributed by atoms with Crippen LogP contribution in [0.15, 0.2) is 42.5 Å². The van der Waals surface area contributed by atoms with Crippen LogP contribution in [0, 0.1) is 5.92 Å². The fourth-order valence-electron chi connectivity index (χ4n) is 5.56. The third kappa shape index (κ3) is 5.87. The average Bonchev–Trinajstić information content (AvgIpc) is 2.93. The maximum Gasteiger partial charge on any atom is 0.223 e. The van der Waals surface area contributed by atoms with Crippen molar-refractivity contribution in [3.8, 4) is 23.0 Å². The zero-order valence-electron chi connectivity index (χ0n) is 20.9. The Hall–Kier alpha value is -2.97. The van der Waals surface area contributed by atoms with Crippen LogP contribution in [0.4, 0.5) is 0 Å². The molecular formula is C28H36N2O6. The Bertz CT molecular complexity index is 1020. The number of hydrogen-bond donors (Lipinski definition) is 2. The molecule has 1 saturated carbocycles. The fourth-order valence-corrected chi connectivity index (χ4v) is 5.56. The molecule has 0 aromatic heterocycles. The van der Waals surface area contributed by atoms with Crippen molar-refractivity contribution in [3.05, 3.63) is 48.0 Å². The molecule has 3 fully saturated rings. The Morgan fingerprint density at radius 3 is 2.47 bits per heavy atom. The van der Waals surface area contributed by atoms with Gasteiger partial charge in [0.1, 0.15) is 30.8 Å². The standard InChI is InChI=1S/C28H36N2O6/c1-33-22-7-9-23(10-8-22)34-13-12-27(31)29-24(18-30-17-19-2-5-21(30)6-3-19)28(32)20-4-11-25-26(16-20)36-15-14-35-25/h4,7-11,16,19,21,24,28,32H,2-3,5-6,12-15,17-18H2,1H3,(H,29,31)/t19?,21?,24-,28-/m1/s1. The van der Waals surface area contributed by atoms with E-state index >= 15 is 0 Å². The highest BCUT2D eigenvalue weighted by Crippen LogP contribution is 2.37. The van der Waals surface area contributed by atoms with Crippen molar-refractivity contribution >= 4 is 5.91 Å². The van der Waals surface area contributed by atoms with Crippen molar-refractivity contribution in [2.24, 2.45) is 5.92 Å². The quantitative estimate of drug-likeness (QED) is 0.522. The first-order valence-corrected chi connectivity index (χ1v) is 13.0. The largest absolute Gasteiger partial charge is 0.497 e. The number of ether oxygens (including phenoxy) is 4. The van der Waals surface area contributed by atoms with Crippen LogP contribution in [-0.4, -0.2) is 68.0 Å². The van der Waals surface area contributed by atoms with E-state index in [2.05, 4.69) is 10.2 Å². The molecule has 2 saturated heterocycles. The summed E-state index contributed by atoms with van der Waals surface area (Å²) in [6, 6.07) is 12.9. The summed E-state index contributed by atoms with van der Waals surface area (Å²) in [7, 11) is 1.62. The fraction of sp³-hybridized carbons (Fsp3) is 0.536. The zero-order chi connectivity index (χ0) is 24.9. The summed E-state index contributed by atoms with van der Waals surface area (Å²) in [6.07, 6.45) is 4.29. The highest BCUT2D eigenvalue weighted by molar-refractivity contribution is 5.76. The van der Waals surface area contributed by atoms with E-state index in [1.807, 2.05) is 42.5 Å². The molecule has 0 radical (unpaired) electrons. The van der Waals surface area contributed by atoms with Crippen molar-refractivity contribution < 1.29 is 28.8 Å². The highest BCUT2D eigenvalue weighted by atomic mass is 16.6. The molecule has 2 aromatic rings. The maximum atomic E-state index is 12.9. The van der Waals surface area contributed by atoms with Gasteiger partial charge in [0.15, 0.2) is 11.5 Å². The van der Waals surface area contributed by atoms with E-state index in [-0.39, 0.29) is 18.9 Å². The predicted octanol–water partition coefficient (Wildman–Crippen LogP) is 3.33. The summed E-state index contributed by atoms with van der Waals surface area (Å²) >= 11 is 0. The molecule has 194 valence electrons. The molecule has 0 spiro atoms. The average molecular weight is 497 g/mol. The number of nitrogens with one attached hydrogen (secondary N) is 1. The number of rotatable bonds is 10. The second kappa shape index (κ2) is 11.4. The number of aliphatic hydroxyl groups excluding tert-OH is 1. The Morgan fingerprint density at radius 2 is 1.78 bits per heavy atom. The molecule has 0 unspecified atom stereocenters. The van der Waals surface area contributed by atoms with Gasteiger partial charge in [0.2, 0.25) is 5.91 Å². The Labute approximate surface area is 212 Å². The molecule has 8 heteroatoms. The monoisotopic (exact) mass is 496 g/mol. The third-order valence-electron chi connectivity index (χ3n) is 7.55. The molecule has 3 aliphatic heterocycles. The van der Waals surface area contributed by atoms with Crippen LogP contribution < -0.4 is 24.3 Å². The summed E-state index contributed by atoms with van der Waals surface area (Å²) in [5.74, 6) is 3.32. The lowest BCUT2D eigenvalue weighted by atomic mass is 9.79. The Morgan fingerprint density at radius 1 is 1.06 bits per heavy atom.